The highest BCUT2D eigenvalue weighted by Crippen LogP contribution is 2.40. The van der Waals surface area contributed by atoms with Crippen LogP contribution in [0.3, 0.4) is 0 Å². The first-order valence-electron chi connectivity index (χ1n) is 11.0. The van der Waals surface area contributed by atoms with Gasteiger partial charge in [0.25, 0.3) is 0 Å². The number of aromatic nitrogens is 1. The van der Waals surface area contributed by atoms with Crippen molar-refractivity contribution in [1.82, 2.24) is 4.57 Å². The fourth-order valence-corrected chi connectivity index (χ4v) is 5.14. The van der Waals surface area contributed by atoms with E-state index >= 15 is 0 Å². The standard InChI is InChI=1S/C29H25N/c1-20-10-12-22(13-11-20)24-15-17-29-27(19-24)26-8-4-5-9-28(26)30(29)25-16-14-21-6-2-3-7-23(21)18-25/h2-13,18-19H,14-17H2,1H3. The maximum Gasteiger partial charge on any atom is 0.0534 e. The zero-order valence-corrected chi connectivity index (χ0v) is 17.4. The van der Waals surface area contributed by atoms with Crippen LogP contribution in [0.4, 0.5) is 0 Å². The third kappa shape index (κ3) is 2.77. The molecule has 0 atom stereocenters. The van der Waals surface area contributed by atoms with Gasteiger partial charge in [0.2, 0.25) is 0 Å². The molecule has 2 aliphatic carbocycles. The van der Waals surface area contributed by atoms with Gasteiger partial charge in [-0.25, -0.2) is 0 Å². The Morgan fingerprint density at radius 3 is 2.40 bits per heavy atom. The molecule has 0 aliphatic heterocycles. The average molecular weight is 388 g/mol. The predicted molar refractivity (Wildman–Crippen MR) is 128 cm³/mol. The van der Waals surface area contributed by atoms with Crippen LogP contribution in [0.5, 0.6) is 0 Å². The first kappa shape index (κ1) is 17.5. The molecule has 1 heterocycles. The van der Waals surface area contributed by atoms with E-state index in [-0.39, 0.29) is 0 Å². The molecule has 2 aliphatic rings. The van der Waals surface area contributed by atoms with Crippen LogP contribution in [-0.2, 0) is 12.8 Å². The lowest BCUT2D eigenvalue weighted by Crippen LogP contribution is -2.09. The van der Waals surface area contributed by atoms with Crippen LogP contribution >= 0.6 is 0 Å². The Hall–Kier alpha value is -3.32. The van der Waals surface area contributed by atoms with Gasteiger partial charge < -0.3 is 4.57 Å². The number of hydrogen-bond donors (Lipinski definition) is 0. The number of fused-ring (bicyclic) bond motifs is 4. The van der Waals surface area contributed by atoms with E-state index < -0.39 is 0 Å². The number of nitrogens with zero attached hydrogens (tertiary/aromatic N) is 1. The van der Waals surface area contributed by atoms with Gasteiger partial charge in [0.15, 0.2) is 0 Å². The highest BCUT2D eigenvalue weighted by molar-refractivity contribution is 6.00. The number of aryl methyl sites for hydroxylation is 2. The molecule has 0 fully saturated rings. The van der Waals surface area contributed by atoms with Crippen molar-refractivity contribution in [3.05, 3.63) is 106 Å². The molecule has 0 bridgehead atoms. The number of hydrogen-bond acceptors (Lipinski definition) is 0. The number of para-hydroxylation sites is 1. The van der Waals surface area contributed by atoms with E-state index in [4.69, 9.17) is 0 Å². The normalized spacial score (nSPS) is 15.4. The first-order chi connectivity index (χ1) is 14.8. The molecule has 0 unspecified atom stereocenters. The molecule has 1 nitrogen and oxygen atoms in total. The third-order valence-electron chi connectivity index (χ3n) is 6.70. The van der Waals surface area contributed by atoms with Gasteiger partial charge in [-0.15, -0.1) is 0 Å². The van der Waals surface area contributed by atoms with Crippen molar-refractivity contribution < 1.29 is 0 Å². The summed E-state index contributed by atoms with van der Waals surface area (Å²) in [5, 5.41) is 1.37. The van der Waals surface area contributed by atoms with E-state index in [0.717, 1.165) is 25.7 Å². The zero-order valence-electron chi connectivity index (χ0n) is 17.4. The summed E-state index contributed by atoms with van der Waals surface area (Å²) in [5.41, 5.74) is 12.6. The molecule has 3 aromatic carbocycles. The second-order valence-corrected chi connectivity index (χ2v) is 8.58. The van der Waals surface area contributed by atoms with Gasteiger partial charge in [0, 0.05) is 22.3 Å². The van der Waals surface area contributed by atoms with E-state index in [9.17, 15) is 0 Å². The SMILES string of the molecule is Cc1ccc(C2=Cc3c(n(C4=Cc5ccccc5CC4)c4ccccc34)CC2)cc1. The van der Waals surface area contributed by atoms with E-state index in [2.05, 4.69) is 96.4 Å². The maximum absolute atomic E-state index is 2.56. The molecule has 4 aromatic rings. The quantitative estimate of drug-likeness (QED) is 0.338. The van der Waals surface area contributed by atoms with Crippen molar-refractivity contribution in [3.8, 4) is 0 Å². The Kier molecular flexibility index (Phi) is 4.02. The van der Waals surface area contributed by atoms with Gasteiger partial charge in [-0.2, -0.15) is 0 Å². The summed E-state index contributed by atoms with van der Waals surface area (Å²) < 4.78 is 2.56. The second kappa shape index (κ2) is 6.88. The Balaban J connectivity index is 1.54. The topological polar surface area (TPSA) is 4.93 Å². The minimum atomic E-state index is 1.09. The zero-order chi connectivity index (χ0) is 20.1. The first-order valence-corrected chi connectivity index (χ1v) is 11.0. The molecular formula is C29H25N. The Morgan fingerprint density at radius 1 is 0.700 bits per heavy atom. The van der Waals surface area contributed by atoms with Crippen molar-refractivity contribution >= 4 is 34.3 Å². The van der Waals surface area contributed by atoms with Crippen molar-refractivity contribution in [3.63, 3.8) is 0 Å². The lowest BCUT2D eigenvalue weighted by Gasteiger charge is -2.22. The lowest BCUT2D eigenvalue weighted by molar-refractivity contribution is 0.863. The van der Waals surface area contributed by atoms with Crippen LogP contribution in [0.1, 0.15) is 46.4 Å². The van der Waals surface area contributed by atoms with Crippen molar-refractivity contribution in [2.24, 2.45) is 0 Å². The van der Waals surface area contributed by atoms with E-state index in [1.807, 2.05) is 0 Å². The summed E-state index contributed by atoms with van der Waals surface area (Å²) in [4.78, 5) is 0. The molecule has 30 heavy (non-hydrogen) atoms. The third-order valence-corrected chi connectivity index (χ3v) is 6.70. The molecule has 0 saturated heterocycles. The molecule has 6 rings (SSSR count). The maximum atomic E-state index is 2.56. The van der Waals surface area contributed by atoms with E-state index in [1.54, 1.807) is 0 Å². The molecule has 146 valence electrons. The van der Waals surface area contributed by atoms with Crippen molar-refractivity contribution in [2.75, 3.05) is 0 Å². The highest BCUT2D eigenvalue weighted by Gasteiger charge is 2.23. The van der Waals surface area contributed by atoms with E-state index in [0.29, 0.717) is 0 Å². The summed E-state index contributed by atoms with van der Waals surface area (Å²) in [6.07, 6.45) is 9.24. The predicted octanol–water partition coefficient (Wildman–Crippen LogP) is 7.38. The molecule has 0 N–H and O–H groups in total. The van der Waals surface area contributed by atoms with Gasteiger partial charge in [0.1, 0.15) is 0 Å². The minimum Gasteiger partial charge on any atom is -0.317 e. The number of allylic oxidation sites excluding steroid dienone is 2. The lowest BCUT2D eigenvalue weighted by atomic mass is 9.90. The molecule has 0 spiro atoms. The number of benzene rings is 3. The fraction of sp³-hybridized carbons (Fsp3) is 0.172. The monoisotopic (exact) mass is 387 g/mol. The van der Waals surface area contributed by atoms with Crippen LogP contribution < -0.4 is 0 Å². The summed E-state index contributed by atoms with van der Waals surface area (Å²) in [7, 11) is 0. The van der Waals surface area contributed by atoms with Crippen LogP contribution in [0, 0.1) is 6.92 Å². The summed E-state index contributed by atoms with van der Waals surface area (Å²) in [6.45, 7) is 2.15. The number of rotatable bonds is 2. The summed E-state index contributed by atoms with van der Waals surface area (Å²) in [5.74, 6) is 0. The molecule has 0 radical (unpaired) electrons. The fourth-order valence-electron chi connectivity index (χ4n) is 5.14. The van der Waals surface area contributed by atoms with Gasteiger partial charge in [0.05, 0.1) is 5.52 Å². The van der Waals surface area contributed by atoms with Gasteiger partial charge in [-0.3, -0.25) is 0 Å². The van der Waals surface area contributed by atoms with Gasteiger partial charge in [-0.05, 0) is 73.1 Å². The highest BCUT2D eigenvalue weighted by atomic mass is 15.0. The van der Waals surface area contributed by atoms with Gasteiger partial charge >= 0.3 is 0 Å². The Labute approximate surface area is 178 Å². The molecule has 1 heteroatoms. The average Bonchev–Trinajstić information content (AvgIpc) is 3.13. The van der Waals surface area contributed by atoms with Crippen molar-refractivity contribution in [1.29, 1.82) is 0 Å². The second-order valence-electron chi connectivity index (χ2n) is 8.58. The molecule has 1 aromatic heterocycles. The van der Waals surface area contributed by atoms with Crippen LogP contribution in [0.2, 0.25) is 0 Å². The Bertz CT molecular complexity index is 1330. The van der Waals surface area contributed by atoms with Crippen LogP contribution in [0.25, 0.3) is 34.3 Å². The smallest absolute Gasteiger partial charge is 0.0534 e. The van der Waals surface area contributed by atoms with Gasteiger partial charge in [-0.1, -0.05) is 72.3 Å². The molecular weight excluding hydrogens is 362 g/mol. The van der Waals surface area contributed by atoms with Crippen LogP contribution in [-0.4, -0.2) is 4.57 Å². The molecule has 0 saturated carbocycles. The largest absolute Gasteiger partial charge is 0.317 e. The summed E-state index contributed by atoms with van der Waals surface area (Å²) in [6, 6.07) is 26.7. The molecule has 0 amide bonds. The van der Waals surface area contributed by atoms with E-state index in [1.165, 1.54) is 55.7 Å². The Morgan fingerprint density at radius 2 is 1.50 bits per heavy atom. The van der Waals surface area contributed by atoms with Crippen molar-refractivity contribution in [2.45, 2.75) is 32.6 Å². The minimum absolute atomic E-state index is 1.09. The summed E-state index contributed by atoms with van der Waals surface area (Å²) >= 11 is 0. The van der Waals surface area contributed by atoms with Crippen LogP contribution in [0.15, 0.2) is 72.8 Å².